The first kappa shape index (κ1) is 9.76. The molecule has 0 bridgehead atoms. The third-order valence-electron chi connectivity index (χ3n) is 2.12. The standard InChI is InChI=1S/C13H8ClN/c1-15-13-8-11(7-12(14)9-13)10-5-3-2-4-6-10/h2-9H. The molecule has 0 heterocycles. The first-order valence-corrected chi connectivity index (χ1v) is 4.91. The van der Waals surface area contributed by atoms with E-state index in [4.69, 9.17) is 18.2 Å². The Morgan fingerprint density at radius 1 is 0.933 bits per heavy atom. The smallest absolute Gasteiger partial charge is 0.189 e. The highest BCUT2D eigenvalue weighted by atomic mass is 35.5. The Balaban J connectivity index is 2.55. The predicted octanol–water partition coefficient (Wildman–Crippen LogP) is 4.56. The van der Waals surface area contributed by atoms with Crippen LogP contribution in [-0.2, 0) is 0 Å². The molecular weight excluding hydrogens is 206 g/mol. The van der Waals surface area contributed by atoms with Crippen molar-refractivity contribution in [3.8, 4) is 11.1 Å². The van der Waals surface area contributed by atoms with Gasteiger partial charge in [0.25, 0.3) is 0 Å². The third-order valence-corrected chi connectivity index (χ3v) is 2.34. The number of benzene rings is 2. The fourth-order valence-electron chi connectivity index (χ4n) is 1.44. The van der Waals surface area contributed by atoms with E-state index in [1.54, 1.807) is 6.07 Å². The fraction of sp³-hybridized carbons (Fsp3) is 0. The molecule has 15 heavy (non-hydrogen) atoms. The predicted molar refractivity (Wildman–Crippen MR) is 63.2 cm³/mol. The minimum absolute atomic E-state index is 0.571. The minimum Gasteiger partial charge on any atom is -0.238 e. The number of hydrogen-bond acceptors (Lipinski definition) is 0. The molecule has 0 aliphatic heterocycles. The lowest BCUT2D eigenvalue weighted by atomic mass is 10.1. The summed E-state index contributed by atoms with van der Waals surface area (Å²) in [7, 11) is 0. The number of nitrogens with zero attached hydrogens (tertiary/aromatic N) is 1. The molecular formula is C13H8ClN. The normalized spacial score (nSPS) is 9.60. The molecule has 72 valence electrons. The molecule has 0 N–H and O–H groups in total. The molecule has 0 aromatic heterocycles. The second-order valence-corrected chi connectivity index (χ2v) is 3.61. The molecule has 2 aromatic rings. The zero-order chi connectivity index (χ0) is 10.7. The molecule has 0 aliphatic carbocycles. The van der Waals surface area contributed by atoms with Crippen molar-refractivity contribution in [1.29, 1.82) is 0 Å². The Hall–Kier alpha value is -1.78. The van der Waals surface area contributed by atoms with Crippen LogP contribution in [0.15, 0.2) is 48.5 Å². The molecule has 2 aromatic carbocycles. The van der Waals surface area contributed by atoms with Crippen LogP contribution in [0.3, 0.4) is 0 Å². The van der Waals surface area contributed by atoms with Crippen LogP contribution in [-0.4, -0.2) is 0 Å². The van der Waals surface area contributed by atoms with Crippen molar-refractivity contribution in [3.63, 3.8) is 0 Å². The molecule has 0 saturated heterocycles. The maximum Gasteiger partial charge on any atom is 0.189 e. The first-order valence-electron chi connectivity index (χ1n) is 4.53. The second-order valence-electron chi connectivity index (χ2n) is 3.18. The zero-order valence-electron chi connectivity index (χ0n) is 7.94. The highest BCUT2D eigenvalue weighted by Gasteiger charge is 2.00. The molecule has 2 heteroatoms. The van der Waals surface area contributed by atoms with E-state index >= 15 is 0 Å². The molecule has 1 nitrogen and oxygen atoms in total. The maximum absolute atomic E-state index is 6.97. The maximum atomic E-state index is 6.97. The molecule has 0 saturated carbocycles. The number of halogens is 1. The van der Waals surface area contributed by atoms with Gasteiger partial charge in [0, 0.05) is 5.02 Å². The summed E-state index contributed by atoms with van der Waals surface area (Å²) < 4.78 is 0. The van der Waals surface area contributed by atoms with Gasteiger partial charge in [-0.1, -0.05) is 41.9 Å². The quantitative estimate of drug-likeness (QED) is 0.612. The van der Waals surface area contributed by atoms with E-state index in [1.807, 2.05) is 42.5 Å². The molecule has 0 atom stereocenters. The first-order chi connectivity index (χ1) is 7.29. The van der Waals surface area contributed by atoms with Crippen molar-refractivity contribution in [2.24, 2.45) is 0 Å². The van der Waals surface area contributed by atoms with Crippen LogP contribution < -0.4 is 0 Å². The molecule has 0 aliphatic rings. The van der Waals surface area contributed by atoms with E-state index in [2.05, 4.69) is 4.85 Å². The van der Waals surface area contributed by atoms with Gasteiger partial charge in [-0.2, -0.15) is 0 Å². The Kier molecular flexibility index (Phi) is 2.71. The van der Waals surface area contributed by atoms with Crippen LogP contribution in [0, 0.1) is 6.57 Å². The number of hydrogen-bond donors (Lipinski definition) is 0. The lowest BCUT2D eigenvalue weighted by molar-refractivity contribution is 1.62. The summed E-state index contributed by atoms with van der Waals surface area (Å²) in [5, 5.41) is 0.599. The van der Waals surface area contributed by atoms with Crippen LogP contribution in [0.1, 0.15) is 0 Å². The van der Waals surface area contributed by atoms with Gasteiger partial charge in [-0.05, 0) is 29.3 Å². The second kappa shape index (κ2) is 4.16. The minimum atomic E-state index is 0.571. The van der Waals surface area contributed by atoms with E-state index in [1.165, 1.54) is 0 Å². The summed E-state index contributed by atoms with van der Waals surface area (Å²) in [5.41, 5.74) is 2.63. The average molecular weight is 214 g/mol. The lowest BCUT2D eigenvalue weighted by Gasteiger charge is -2.02. The lowest BCUT2D eigenvalue weighted by Crippen LogP contribution is -1.76. The van der Waals surface area contributed by atoms with Gasteiger partial charge in [0.1, 0.15) is 0 Å². The molecule has 2 rings (SSSR count). The topological polar surface area (TPSA) is 4.36 Å². The van der Waals surface area contributed by atoms with Crippen LogP contribution >= 0.6 is 11.6 Å². The van der Waals surface area contributed by atoms with Crippen LogP contribution in [0.25, 0.3) is 16.0 Å². The van der Waals surface area contributed by atoms with Crippen LogP contribution in [0.2, 0.25) is 5.02 Å². The monoisotopic (exact) mass is 213 g/mol. The SMILES string of the molecule is [C-]#[N+]c1cc(Cl)cc(-c2ccccc2)c1. The third kappa shape index (κ3) is 2.18. The summed E-state index contributed by atoms with van der Waals surface area (Å²) >= 11 is 5.94. The highest BCUT2D eigenvalue weighted by Crippen LogP contribution is 2.28. The van der Waals surface area contributed by atoms with Gasteiger partial charge in [-0.3, -0.25) is 0 Å². The van der Waals surface area contributed by atoms with Crippen molar-refractivity contribution in [2.75, 3.05) is 0 Å². The molecule has 0 fully saturated rings. The zero-order valence-corrected chi connectivity index (χ0v) is 8.70. The van der Waals surface area contributed by atoms with Crippen molar-refractivity contribution in [1.82, 2.24) is 0 Å². The van der Waals surface area contributed by atoms with E-state index in [0.29, 0.717) is 10.7 Å². The van der Waals surface area contributed by atoms with Crippen molar-refractivity contribution >= 4 is 17.3 Å². The molecule has 0 spiro atoms. The van der Waals surface area contributed by atoms with Gasteiger partial charge in [-0.25, -0.2) is 4.85 Å². The largest absolute Gasteiger partial charge is 0.238 e. The highest BCUT2D eigenvalue weighted by molar-refractivity contribution is 6.31. The van der Waals surface area contributed by atoms with Crippen molar-refractivity contribution < 1.29 is 0 Å². The van der Waals surface area contributed by atoms with Crippen molar-refractivity contribution in [2.45, 2.75) is 0 Å². The summed E-state index contributed by atoms with van der Waals surface area (Å²) in [6.45, 7) is 6.97. The Bertz CT molecular complexity index is 512. The van der Waals surface area contributed by atoms with Gasteiger partial charge in [-0.15, -0.1) is 0 Å². The summed E-state index contributed by atoms with van der Waals surface area (Å²) in [6, 6.07) is 15.3. The molecule has 0 amide bonds. The molecule has 0 unspecified atom stereocenters. The van der Waals surface area contributed by atoms with Gasteiger partial charge in [0.15, 0.2) is 5.69 Å². The summed E-state index contributed by atoms with van der Waals surface area (Å²) in [6.07, 6.45) is 0. The summed E-state index contributed by atoms with van der Waals surface area (Å²) in [4.78, 5) is 3.38. The van der Waals surface area contributed by atoms with Gasteiger partial charge < -0.3 is 0 Å². The van der Waals surface area contributed by atoms with E-state index < -0.39 is 0 Å². The fourth-order valence-corrected chi connectivity index (χ4v) is 1.67. The van der Waals surface area contributed by atoms with Gasteiger partial charge >= 0.3 is 0 Å². The van der Waals surface area contributed by atoms with Gasteiger partial charge in [0.2, 0.25) is 0 Å². The summed E-state index contributed by atoms with van der Waals surface area (Å²) in [5.74, 6) is 0. The molecule has 0 radical (unpaired) electrons. The van der Waals surface area contributed by atoms with Crippen molar-refractivity contribution in [3.05, 3.63) is 65.0 Å². The Morgan fingerprint density at radius 2 is 1.67 bits per heavy atom. The van der Waals surface area contributed by atoms with E-state index in [9.17, 15) is 0 Å². The van der Waals surface area contributed by atoms with E-state index in [0.717, 1.165) is 11.1 Å². The Morgan fingerprint density at radius 3 is 2.33 bits per heavy atom. The number of rotatable bonds is 1. The van der Waals surface area contributed by atoms with E-state index in [-0.39, 0.29) is 0 Å². The van der Waals surface area contributed by atoms with Crippen LogP contribution in [0.5, 0.6) is 0 Å². The van der Waals surface area contributed by atoms with Crippen LogP contribution in [0.4, 0.5) is 5.69 Å². The van der Waals surface area contributed by atoms with Gasteiger partial charge in [0.05, 0.1) is 6.57 Å². The average Bonchev–Trinajstić information content (AvgIpc) is 2.29. The Labute approximate surface area is 93.8 Å².